The maximum absolute atomic E-state index is 10.6. The summed E-state index contributed by atoms with van der Waals surface area (Å²) in [6.45, 7) is 8.14. The normalized spacial score (nSPS) is 19.8. The highest BCUT2D eigenvalue weighted by Crippen LogP contribution is 2.09. The standard InChI is InChI=1S/C12H16O4/c1-4-10(6-5-9(2)3)14-7-11-8-15-12(13)16-11/h4-6,11H,1,7-8H2,2-3H3/b10-6+. The first-order valence-electron chi connectivity index (χ1n) is 5.05. The molecular formula is C12H16O4. The van der Waals surface area contributed by atoms with Gasteiger partial charge >= 0.3 is 6.16 Å². The fraction of sp³-hybridized carbons (Fsp3) is 0.417. The van der Waals surface area contributed by atoms with Gasteiger partial charge in [-0.2, -0.15) is 0 Å². The Morgan fingerprint density at radius 1 is 1.56 bits per heavy atom. The second-order valence-electron chi connectivity index (χ2n) is 3.63. The van der Waals surface area contributed by atoms with Crippen LogP contribution in [0.2, 0.25) is 0 Å². The van der Waals surface area contributed by atoms with Crippen LogP contribution in [0.1, 0.15) is 13.8 Å². The molecule has 0 radical (unpaired) electrons. The van der Waals surface area contributed by atoms with E-state index in [1.54, 1.807) is 6.08 Å². The van der Waals surface area contributed by atoms with Crippen LogP contribution in [-0.2, 0) is 14.2 Å². The van der Waals surface area contributed by atoms with Crippen LogP contribution in [0.25, 0.3) is 0 Å². The molecule has 1 heterocycles. The Morgan fingerprint density at radius 2 is 2.31 bits per heavy atom. The number of hydrogen-bond donors (Lipinski definition) is 0. The molecule has 0 spiro atoms. The first-order valence-corrected chi connectivity index (χ1v) is 5.05. The molecule has 1 unspecified atom stereocenters. The lowest BCUT2D eigenvalue weighted by molar-refractivity contribution is 0.0793. The molecule has 1 saturated heterocycles. The number of hydrogen-bond acceptors (Lipinski definition) is 4. The van der Waals surface area contributed by atoms with Crippen LogP contribution in [0.3, 0.4) is 0 Å². The minimum Gasteiger partial charge on any atom is -0.490 e. The van der Waals surface area contributed by atoms with E-state index >= 15 is 0 Å². The molecule has 0 amide bonds. The summed E-state index contributed by atoms with van der Waals surface area (Å²) in [6.07, 6.45) is 4.38. The average molecular weight is 224 g/mol. The van der Waals surface area contributed by atoms with Gasteiger partial charge in [0.2, 0.25) is 0 Å². The van der Waals surface area contributed by atoms with Crippen molar-refractivity contribution in [3.05, 3.63) is 36.1 Å². The van der Waals surface area contributed by atoms with E-state index in [0.29, 0.717) is 5.76 Å². The molecule has 16 heavy (non-hydrogen) atoms. The molecule has 1 rings (SSSR count). The summed E-state index contributed by atoms with van der Waals surface area (Å²) in [5.41, 5.74) is 1.17. The third kappa shape index (κ3) is 4.21. The predicted octanol–water partition coefficient (Wildman–Crippen LogP) is 2.57. The number of carbonyl (C=O) groups is 1. The van der Waals surface area contributed by atoms with Crippen molar-refractivity contribution in [2.45, 2.75) is 20.0 Å². The second-order valence-corrected chi connectivity index (χ2v) is 3.63. The van der Waals surface area contributed by atoms with E-state index in [0.717, 1.165) is 0 Å². The van der Waals surface area contributed by atoms with Gasteiger partial charge in [-0.1, -0.05) is 18.2 Å². The second kappa shape index (κ2) is 6.00. The molecule has 4 heteroatoms. The number of ether oxygens (including phenoxy) is 3. The molecular weight excluding hydrogens is 208 g/mol. The fourth-order valence-corrected chi connectivity index (χ4v) is 1.06. The van der Waals surface area contributed by atoms with E-state index in [4.69, 9.17) is 9.47 Å². The lowest BCUT2D eigenvalue weighted by Gasteiger charge is -2.09. The molecule has 0 saturated carbocycles. The van der Waals surface area contributed by atoms with Crippen LogP contribution in [0.15, 0.2) is 36.1 Å². The van der Waals surface area contributed by atoms with Crippen molar-refractivity contribution in [2.75, 3.05) is 13.2 Å². The first-order chi connectivity index (χ1) is 7.61. The van der Waals surface area contributed by atoms with Gasteiger partial charge < -0.3 is 14.2 Å². The van der Waals surface area contributed by atoms with Gasteiger partial charge in [0.05, 0.1) is 0 Å². The van der Waals surface area contributed by atoms with Crippen molar-refractivity contribution in [3.63, 3.8) is 0 Å². The minimum atomic E-state index is -0.637. The molecule has 0 aromatic rings. The highest BCUT2D eigenvalue weighted by molar-refractivity contribution is 5.61. The molecule has 1 aliphatic heterocycles. The summed E-state index contributed by atoms with van der Waals surface area (Å²) in [5, 5.41) is 0. The largest absolute Gasteiger partial charge is 0.508 e. The Morgan fingerprint density at radius 3 is 2.81 bits per heavy atom. The van der Waals surface area contributed by atoms with Gasteiger partial charge in [0.25, 0.3) is 0 Å². The lowest BCUT2D eigenvalue weighted by atomic mass is 10.3. The monoisotopic (exact) mass is 224 g/mol. The van der Waals surface area contributed by atoms with Crippen LogP contribution in [0.5, 0.6) is 0 Å². The Bertz CT molecular complexity index is 324. The van der Waals surface area contributed by atoms with Crippen molar-refractivity contribution in [3.8, 4) is 0 Å². The minimum absolute atomic E-state index is 0.242. The van der Waals surface area contributed by atoms with E-state index in [2.05, 4.69) is 11.3 Å². The van der Waals surface area contributed by atoms with Crippen molar-refractivity contribution >= 4 is 6.16 Å². The molecule has 0 aromatic heterocycles. The number of carbonyl (C=O) groups excluding carboxylic acids is 1. The zero-order valence-electron chi connectivity index (χ0n) is 9.56. The average Bonchev–Trinajstić information content (AvgIpc) is 2.64. The summed E-state index contributed by atoms with van der Waals surface area (Å²) in [5.74, 6) is 0.643. The molecule has 1 aliphatic rings. The molecule has 0 N–H and O–H groups in total. The van der Waals surface area contributed by atoms with Gasteiger partial charge in [-0.3, -0.25) is 0 Å². The van der Waals surface area contributed by atoms with Crippen LogP contribution in [-0.4, -0.2) is 25.5 Å². The molecule has 0 bridgehead atoms. The zero-order chi connectivity index (χ0) is 12.0. The maximum atomic E-state index is 10.6. The summed E-state index contributed by atoms with van der Waals surface area (Å²) >= 11 is 0. The Hall–Kier alpha value is -1.71. The third-order valence-corrected chi connectivity index (χ3v) is 1.87. The van der Waals surface area contributed by atoms with E-state index < -0.39 is 6.16 Å². The molecule has 1 fully saturated rings. The van der Waals surface area contributed by atoms with Gasteiger partial charge in [-0.05, 0) is 26.0 Å². The molecule has 1 atom stereocenters. The number of cyclic esters (lactones) is 2. The van der Waals surface area contributed by atoms with Crippen molar-refractivity contribution in [2.24, 2.45) is 0 Å². The van der Waals surface area contributed by atoms with Gasteiger partial charge in [-0.15, -0.1) is 0 Å². The molecule has 88 valence electrons. The fourth-order valence-electron chi connectivity index (χ4n) is 1.06. The van der Waals surface area contributed by atoms with Crippen molar-refractivity contribution < 1.29 is 19.0 Å². The van der Waals surface area contributed by atoms with E-state index in [1.807, 2.05) is 26.0 Å². The number of rotatable bonds is 5. The van der Waals surface area contributed by atoms with Crippen LogP contribution in [0, 0.1) is 0 Å². The number of allylic oxidation sites excluding steroid dienone is 4. The van der Waals surface area contributed by atoms with E-state index in [9.17, 15) is 4.79 Å². The highest BCUT2D eigenvalue weighted by atomic mass is 16.8. The Labute approximate surface area is 95.2 Å². The van der Waals surface area contributed by atoms with Gasteiger partial charge in [0.15, 0.2) is 6.10 Å². The topological polar surface area (TPSA) is 44.8 Å². The van der Waals surface area contributed by atoms with Crippen LogP contribution >= 0.6 is 0 Å². The predicted molar refractivity (Wildman–Crippen MR) is 59.9 cm³/mol. The molecule has 0 aliphatic carbocycles. The summed E-state index contributed by atoms with van der Waals surface area (Å²) in [7, 11) is 0. The maximum Gasteiger partial charge on any atom is 0.508 e. The zero-order valence-corrected chi connectivity index (χ0v) is 9.56. The SMILES string of the molecule is C=C/C(=C\C=C(C)C)OCC1COC(=O)O1. The summed E-state index contributed by atoms with van der Waals surface area (Å²) in [4.78, 5) is 10.6. The Kier molecular flexibility index (Phi) is 4.64. The van der Waals surface area contributed by atoms with Crippen LogP contribution in [0.4, 0.5) is 4.79 Å². The summed E-state index contributed by atoms with van der Waals surface area (Å²) in [6, 6.07) is 0. The molecule has 0 aromatic carbocycles. The highest BCUT2D eigenvalue weighted by Gasteiger charge is 2.25. The van der Waals surface area contributed by atoms with Crippen molar-refractivity contribution in [1.29, 1.82) is 0 Å². The summed E-state index contributed by atoms with van der Waals surface area (Å²) < 4.78 is 14.9. The first kappa shape index (κ1) is 12.4. The lowest BCUT2D eigenvalue weighted by Crippen LogP contribution is -2.17. The van der Waals surface area contributed by atoms with Gasteiger partial charge in [-0.25, -0.2) is 4.79 Å². The third-order valence-electron chi connectivity index (χ3n) is 1.87. The molecule has 4 nitrogen and oxygen atoms in total. The quantitative estimate of drug-likeness (QED) is 0.409. The van der Waals surface area contributed by atoms with Gasteiger partial charge in [0, 0.05) is 0 Å². The van der Waals surface area contributed by atoms with E-state index in [-0.39, 0.29) is 19.3 Å². The van der Waals surface area contributed by atoms with Crippen LogP contribution < -0.4 is 0 Å². The van der Waals surface area contributed by atoms with E-state index in [1.165, 1.54) is 5.57 Å². The van der Waals surface area contributed by atoms with Gasteiger partial charge in [0.1, 0.15) is 19.0 Å². The Balaban J connectivity index is 2.40. The smallest absolute Gasteiger partial charge is 0.490 e. The van der Waals surface area contributed by atoms with Crippen molar-refractivity contribution in [1.82, 2.24) is 0 Å².